The van der Waals surface area contributed by atoms with Crippen molar-refractivity contribution >= 4 is 27.9 Å². The van der Waals surface area contributed by atoms with Crippen LogP contribution in [-0.4, -0.2) is 11.0 Å². The van der Waals surface area contributed by atoms with E-state index < -0.39 is 5.91 Å². The molecule has 5 nitrogen and oxygen atoms in total. The Labute approximate surface area is 107 Å². The quantitative estimate of drug-likeness (QED) is 0.568. The largest absolute Gasteiger partial charge is 0.506 e. The third kappa shape index (κ3) is 2.26. The maximum absolute atomic E-state index is 11.9. The number of benzene rings is 1. The number of nitrogens with two attached hydrogens (primary N) is 1. The van der Waals surface area contributed by atoms with Gasteiger partial charge in [0, 0.05) is 5.56 Å². The summed E-state index contributed by atoms with van der Waals surface area (Å²) in [5.41, 5.74) is 6.34. The molecule has 0 radical (unpaired) electrons. The highest BCUT2D eigenvalue weighted by molar-refractivity contribution is 7.14. The molecule has 0 unspecified atom stereocenters. The van der Waals surface area contributed by atoms with Gasteiger partial charge in [-0.3, -0.25) is 4.79 Å². The second-order valence-corrected chi connectivity index (χ2v) is 4.42. The second kappa shape index (κ2) is 4.77. The SMILES string of the molecule is N#Cc1ccsc1NC(=O)c1ccc(N)c(O)c1. The lowest BCUT2D eigenvalue weighted by atomic mass is 10.2. The summed E-state index contributed by atoms with van der Waals surface area (Å²) in [6.45, 7) is 0. The van der Waals surface area contributed by atoms with Crippen LogP contribution in [0, 0.1) is 11.3 Å². The van der Waals surface area contributed by atoms with E-state index >= 15 is 0 Å². The Morgan fingerprint density at radius 2 is 2.22 bits per heavy atom. The van der Waals surface area contributed by atoms with Gasteiger partial charge in [0.2, 0.25) is 0 Å². The predicted octanol–water partition coefficient (Wildman–Crippen LogP) is 2.16. The fourth-order valence-corrected chi connectivity index (χ4v) is 2.09. The lowest BCUT2D eigenvalue weighted by Gasteiger charge is -2.05. The summed E-state index contributed by atoms with van der Waals surface area (Å²) in [7, 11) is 0. The summed E-state index contributed by atoms with van der Waals surface area (Å²) in [5, 5.41) is 23.1. The smallest absolute Gasteiger partial charge is 0.256 e. The molecule has 0 fully saturated rings. The minimum atomic E-state index is -0.399. The van der Waals surface area contributed by atoms with E-state index in [0.29, 0.717) is 10.6 Å². The molecule has 1 heterocycles. The molecule has 4 N–H and O–H groups in total. The summed E-state index contributed by atoms with van der Waals surface area (Å²) in [5.74, 6) is -0.543. The molecule has 0 spiro atoms. The third-order valence-electron chi connectivity index (χ3n) is 2.31. The monoisotopic (exact) mass is 259 g/mol. The minimum absolute atomic E-state index is 0.144. The number of nitrogens with zero attached hydrogens (tertiary/aromatic N) is 1. The molecular formula is C12H9N3O2S. The van der Waals surface area contributed by atoms with E-state index in [1.165, 1.54) is 29.5 Å². The van der Waals surface area contributed by atoms with Crippen LogP contribution in [0.4, 0.5) is 10.7 Å². The van der Waals surface area contributed by atoms with Crippen LogP contribution in [0.1, 0.15) is 15.9 Å². The first kappa shape index (κ1) is 12.0. The van der Waals surface area contributed by atoms with E-state index in [4.69, 9.17) is 11.0 Å². The van der Waals surface area contributed by atoms with E-state index in [1.807, 2.05) is 6.07 Å². The Morgan fingerprint density at radius 3 is 2.89 bits per heavy atom. The maximum Gasteiger partial charge on any atom is 0.256 e. The number of nitrogen functional groups attached to an aromatic ring is 1. The van der Waals surface area contributed by atoms with Gasteiger partial charge >= 0.3 is 0 Å². The van der Waals surface area contributed by atoms with Crippen molar-refractivity contribution in [2.75, 3.05) is 11.1 Å². The second-order valence-electron chi connectivity index (χ2n) is 3.50. The average Bonchev–Trinajstić information content (AvgIpc) is 2.79. The summed E-state index contributed by atoms with van der Waals surface area (Å²) < 4.78 is 0. The molecule has 0 aliphatic carbocycles. The van der Waals surface area contributed by atoms with E-state index in [-0.39, 0.29) is 17.0 Å². The molecule has 0 bridgehead atoms. The van der Waals surface area contributed by atoms with Gasteiger partial charge in [0.25, 0.3) is 5.91 Å². The maximum atomic E-state index is 11.9. The molecule has 18 heavy (non-hydrogen) atoms. The number of nitriles is 1. The molecule has 0 atom stereocenters. The number of aromatic hydroxyl groups is 1. The molecule has 0 saturated carbocycles. The van der Waals surface area contributed by atoms with Crippen LogP contribution in [0.3, 0.4) is 0 Å². The van der Waals surface area contributed by atoms with Crippen LogP contribution in [-0.2, 0) is 0 Å². The van der Waals surface area contributed by atoms with Gasteiger partial charge in [-0.15, -0.1) is 11.3 Å². The molecule has 90 valence electrons. The van der Waals surface area contributed by atoms with Gasteiger partial charge in [-0.25, -0.2) is 0 Å². The molecule has 2 rings (SSSR count). The number of rotatable bonds is 2. The summed E-state index contributed by atoms with van der Waals surface area (Å²) >= 11 is 1.26. The molecule has 0 aliphatic heterocycles. The van der Waals surface area contributed by atoms with Crippen LogP contribution < -0.4 is 11.1 Å². The molecule has 0 aliphatic rings. The van der Waals surface area contributed by atoms with Gasteiger partial charge in [-0.1, -0.05) is 0 Å². The number of nitrogens with one attached hydrogen (secondary N) is 1. The topological polar surface area (TPSA) is 99.1 Å². The highest BCUT2D eigenvalue weighted by Gasteiger charge is 2.11. The average molecular weight is 259 g/mol. The molecule has 0 saturated heterocycles. The van der Waals surface area contributed by atoms with Crippen molar-refractivity contribution in [2.24, 2.45) is 0 Å². The number of phenols is 1. The Kier molecular flexibility index (Phi) is 3.17. The van der Waals surface area contributed by atoms with E-state index in [9.17, 15) is 9.90 Å². The van der Waals surface area contributed by atoms with Crippen molar-refractivity contribution in [3.05, 3.63) is 40.8 Å². The van der Waals surface area contributed by atoms with Crippen molar-refractivity contribution in [1.29, 1.82) is 5.26 Å². The zero-order chi connectivity index (χ0) is 13.1. The molecular weight excluding hydrogens is 250 g/mol. The van der Waals surface area contributed by atoms with Crippen molar-refractivity contribution in [2.45, 2.75) is 0 Å². The van der Waals surface area contributed by atoms with Crippen LogP contribution in [0.25, 0.3) is 0 Å². The highest BCUT2D eigenvalue weighted by atomic mass is 32.1. The van der Waals surface area contributed by atoms with Crippen molar-refractivity contribution < 1.29 is 9.90 Å². The zero-order valence-electron chi connectivity index (χ0n) is 9.18. The standard InChI is InChI=1S/C12H9N3O2S/c13-6-8-3-4-18-12(8)15-11(17)7-1-2-9(14)10(16)5-7/h1-5,16H,14H2,(H,15,17). The van der Waals surface area contributed by atoms with Gasteiger partial charge in [0.1, 0.15) is 16.8 Å². The summed E-state index contributed by atoms with van der Waals surface area (Å²) in [4.78, 5) is 11.9. The Bertz CT molecular complexity index is 643. The first-order valence-corrected chi connectivity index (χ1v) is 5.87. The molecule has 6 heteroatoms. The van der Waals surface area contributed by atoms with E-state index in [0.717, 1.165) is 0 Å². The Morgan fingerprint density at radius 1 is 1.44 bits per heavy atom. The number of amides is 1. The van der Waals surface area contributed by atoms with Gasteiger partial charge in [0.05, 0.1) is 11.3 Å². The van der Waals surface area contributed by atoms with E-state index in [1.54, 1.807) is 11.4 Å². The molecule has 1 aromatic heterocycles. The number of thiophene rings is 1. The van der Waals surface area contributed by atoms with Crippen LogP contribution >= 0.6 is 11.3 Å². The normalized spacial score (nSPS) is 9.72. The number of hydrogen-bond acceptors (Lipinski definition) is 5. The van der Waals surface area contributed by atoms with Crippen molar-refractivity contribution in [1.82, 2.24) is 0 Å². The third-order valence-corrected chi connectivity index (χ3v) is 3.14. The number of phenolic OH excluding ortho intramolecular Hbond substituents is 1. The summed E-state index contributed by atoms with van der Waals surface area (Å²) in [6.07, 6.45) is 0. The van der Waals surface area contributed by atoms with Gasteiger partial charge in [-0.2, -0.15) is 5.26 Å². The Balaban J connectivity index is 2.23. The van der Waals surface area contributed by atoms with Crippen LogP contribution in [0.2, 0.25) is 0 Å². The first-order valence-electron chi connectivity index (χ1n) is 4.99. The molecule has 2 aromatic rings. The number of hydrogen-bond donors (Lipinski definition) is 3. The predicted molar refractivity (Wildman–Crippen MR) is 69.5 cm³/mol. The summed E-state index contributed by atoms with van der Waals surface area (Å²) in [6, 6.07) is 7.84. The molecule has 1 amide bonds. The minimum Gasteiger partial charge on any atom is -0.506 e. The lowest BCUT2D eigenvalue weighted by molar-refractivity contribution is 0.102. The fourth-order valence-electron chi connectivity index (χ4n) is 1.35. The molecule has 1 aromatic carbocycles. The highest BCUT2D eigenvalue weighted by Crippen LogP contribution is 2.25. The fraction of sp³-hybridized carbons (Fsp3) is 0. The number of carbonyl (C=O) groups excluding carboxylic acids is 1. The van der Waals surface area contributed by atoms with Gasteiger partial charge in [-0.05, 0) is 29.6 Å². The van der Waals surface area contributed by atoms with Crippen molar-refractivity contribution in [3.8, 4) is 11.8 Å². The van der Waals surface area contributed by atoms with E-state index in [2.05, 4.69) is 5.32 Å². The lowest BCUT2D eigenvalue weighted by Crippen LogP contribution is -2.11. The van der Waals surface area contributed by atoms with Crippen LogP contribution in [0.15, 0.2) is 29.6 Å². The first-order chi connectivity index (χ1) is 8.61. The van der Waals surface area contributed by atoms with Gasteiger partial charge in [0.15, 0.2) is 0 Å². The van der Waals surface area contributed by atoms with Crippen LogP contribution in [0.5, 0.6) is 5.75 Å². The van der Waals surface area contributed by atoms with Crippen molar-refractivity contribution in [3.63, 3.8) is 0 Å². The zero-order valence-corrected chi connectivity index (χ0v) is 9.99. The Hall–Kier alpha value is -2.52. The number of carbonyl (C=O) groups is 1. The van der Waals surface area contributed by atoms with Gasteiger partial charge < -0.3 is 16.2 Å². The number of anilines is 2.